The lowest BCUT2D eigenvalue weighted by Crippen LogP contribution is -2.33. The summed E-state index contributed by atoms with van der Waals surface area (Å²) in [6.07, 6.45) is 2.61. The second-order valence-electron chi connectivity index (χ2n) is 8.09. The van der Waals surface area contributed by atoms with Gasteiger partial charge in [0.05, 0.1) is 26.0 Å². The quantitative estimate of drug-likeness (QED) is 0.352. The second kappa shape index (κ2) is 11.5. The fraction of sp³-hybridized carbons (Fsp3) is 0.400. The number of hydroxylamine groups is 2. The van der Waals surface area contributed by atoms with Gasteiger partial charge in [0.15, 0.2) is 17.1 Å². The molecule has 0 bridgehead atoms. The van der Waals surface area contributed by atoms with E-state index in [4.69, 9.17) is 18.8 Å². The Morgan fingerprint density at radius 3 is 2.67 bits per heavy atom. The molecule has 178 valence electrons. The predicted molar refractivity (Wildman–Crippen MR) is 129 cm³/mol. The lowest BCUT2D eigenvalue weighted by atomic mass is 9.92. The van der Waals surface area contributed by atoms with Gasteiger partial charge in [0.1, 0.15) is 5.82 Å². The monoisotopic (exact) mass is 476 g/mol. The Morgan fingerprint density at radius 1 is 1.15 bits per heavy atom. The lowest BCUT2D eigenvalue weighted by molar-refractivity contribution is -0.172. The van der Waals surface area contributed by atoms with Crippen molar-refractivity contribution in [3.63, 3.8) is 0 Å². The highest BCUT2D eigenvalue weighted by Gasteiger charge is 2.25. The van der Waals surface area contributed by atoms with Crippen LogP contribution in [0.1, 0.15) is 43.4 Å². The smallest absolute Gasteiger partial charge is 0.170 e. The van der Waals surface area contributed by atoms with Crippen LogP contribution >= 0.6 is 12.4 Å². The summed E-state index contributed by atoms with van der Waals surface area (Å²) >= 11 is 0. The van der Waals surface area contributed by atoms with Crippen molar-refractivity contribution in [3.05, 3.63) is 60.1 Å². The Labute approximate surface area is 199 Å². The summed E-state index contributed by atoms with van der Waals surface area (Å²) in [6.45, 7) is 8.68. The van der Waals surface area contributed by atoms with Crippen LogP contribution in [0.4, 0.5) is 4.39 Å². The number of hydrogen-bond acceptors (Lipinski definition) is 6. The number of aromatic nitrogens is 1. The van der Waals surface area contributed by atoms with E-state index in [0.29, 0.717) is 30.5 Å². The Bertz CT molecular complexity index is 1080. The van der Waals surface area contributed by atoms with Crippen LogP contribution in [0.25, 0.3) is 16.5 Å². The maximum absolute atomic E-state index is 13.4. The maximum Gasteiger partial charge on any atom is 0.170 e. The van der Waals surface area contributed by atoms with Crippen LogP contribution in [0.15, 0.2) is 47.5 Å². The molecule has 0 saturated carbocycles. The number of halogens is 2. The fourth-order valence-corrected chi connectivity index (χ4v) is 3.97. The van der Waals surface area contributed by atoms with Gasteiger partial charge in [-0.25, -0.2) is 4.39 Å². The van der Waals surface area contributed by atoms with Crippen molar-refractivity contribution >= 4 is 28.9 Å². The molecule has 1 fully saturated rings. The highest BCUT2D eigenvalue weighted by Crippen LogP contribution is 2.33. The lowest BCUT2D eigenvalue weighted by Gasteiger charge is -2.30. The maximum atomic E-state index is 13.4. The number of hydrogen-bond donors (Lipinski definition) is 0. The molecule has 2 aromatic carbocycles. The molecule has 0 radical (unpaired) electrons. The fourth-order valence-electron chi connectivity index (χ4n) is 3.97. The number of ether oxygens (including phenoxy) is 2. The number of allylic oxidation sites excluding steroid dienone is 1. The molecular weight excluding hydrogens is 447 g/mol. The number of fused-ring (bicyclic) bond motifs is 1. The molecular formula is C25H30ClFN2O4. The molecule has 0 amide bonds. The molecule has 1 saturated heterocycles. The minimum absolute atomic E-state index is 0. The van der Waals surface area contributed by atoms with Gasteiger partial charge in [-0.15, -0.1) is 12.4 Å². The number of nitrogens with zero attached hydrogens (tertiary/aromatic N) is 2. The zero-order valence-electron chi connectivity index (χ0n) is 19.0. The van der Waals surface area contributed by atoms with E-state index in [9.17, 15) is 4.39 Å². The summed E-state index contributed by atoms with van der Waals surface area (Å²) in [7, 11) is 1.64. The largest absolute Gasteiger partial charge is 0.493 e. The van der Waals surface area contributed by atoms with Gasteiger partial charge in [-0.1, -0.05) is 23.4 Å². The van der Waals surface area contributed by atoms with Crippen LogP contribution in [0.5, 0.6) is 11.5 Å². The van der Waals surface area contributed by atoms with Crippen molar-refractivity contribution < 1.29 is 23.2 Å². The molecule has 4 rings (SSSR count). The first-order chi connectivity index (χ1) is 15.5. The van der Waals surface area contributed by atoms with Gasteiger partial charge >= 0.3 is 0 Å². The van der Waals surface area contributed by atoms with Crippen LogP contribution in [-0.4, -0.2) is 43.6 Å². The van der Waals surface area contributed by atoms with Crippen LogP contribution in [0.3, 0.4) is 0 Å². The standard InChI is InChI=1S/C25H29FN2O4.ClH/c1-17(2)19-5-8-22(24(15-19)29-3)30-13-4-14-31-28-11-9-18(10-12-28)25-21-7-6-20(26)16-23(21)32-27-25;/h5-8,15-16,18H,1,4,9-14H2,2-3H3;1H. The molecule has 33 heavy (non-hydrogen) atoms. The zero-order chi connectivity index (χ0) is 22.5. The van der Waals surface area contributed by atoms with Gasteiger partial charge in [-0.05, 0) is 49.6 Å². The van der Waals surface area contributed by atoms with Crippen molar-refractivity contribution in [3.8, 4) is 11.5 Å². The molecule has 2 heterocycles. The summed E-state index contributed by atoms with van der Waals surface area (Å²) < 4.78 is 30.0. The van der Waals surface area contributed by atoms with Gasteiger partial charge < -0.3 is 14.0 Å². The van der Waals surface area contributed by atoms with Gasteiger partial charge in [-0.3, -0.25) is 4.84 Å². The Hall–Kier alpha value is -2.61. The summed E-state index contributed by atoms with van der Waals surface area (Å²) in [4.78, 5) is 5.91. The van der Waals surface area contributed by atoms with E-state index >= 15 is 0 Å². The molecule has 6 nitrogen and oxygen atoms in total. The highest BCUT2D eigenvalue weighted by molar-refractivity contribution is 5.85. The van der Waals surface area contributed by atoms with E-state index in [1.807, 2.05) is 30.2 Å². The van der Waals surface area contributed by atoms with E-state index in [0.717, 1.165) is 60.3 Å². The minimum Gasteiger partial charge on any atom is -0.493 e. The zero-order valence-corrected chi connectivity index (χ0v) is 19.8. The molecule has 1 aromatic heterocycles. The van der Waals surface area contributed by atoms with Gasteiger partial charge in [0.2, 0.25) is 0 Å². The van der Waals surface area contributed by atoms with Gasteiger partial charge in [-0.2, -0.15) is 5.06 Å². The minimum atomic E-state index is -0.310. The molecule has 0 spiro atoms. The van der Waals surface area contributed by atoms with Gasteiger partial charge in [0.25, 0.3) is 0 Å². The third kappa shape index (κ3) is 6.05. The van der Waals surface area contributed by atoms with E-state index in [2.05, 4.69) is 11.7 Å². The summed E-state index contributed by atoms with van der Waals surface area (Å²) in [5, 5.41) is 7.10. The van der Waals surface area contributed by atoms with Crippen molar-refractivity contribution in [2.75, 3.05) is 33.4 Å². The summed E-state index contributed by atoms with van der Waals surface area (Å²) in [6, 6.07) is 10.4. The first kappa shape index (κ1) is 25.0. The molecule has 1 aliphatic rings. The van der Waals surface area contributed by atoms with Crippen LogP contribution in [0.2, 0.25) is 0 Å². The third-order valence-corrected chi connectivity index (χ3v) is 5.78. The van der Waals surface area contributed by atoms with Crippen molar-refractivity contribution in [2.45, 2.75) is 32.1 Å². The highest BCUT2D eigenvalue weighted by atomic mass is 35.5. The van der Waals surface area contributed by atoms with E-state index in [1.165, 1.54) is 12.1 Å². The van der Waals surface area contributed by atoms with E-state index in [-0.39, 0.29) is 18.2 Å². The number of rotatable bonds is 9. The predicted octanol–water partition coefficient (Wildman–Crippen LogP) is 6.01. The van der Waals surface area contributed by atoms with Gasteiger partial charge in [0, 0.05) is 36.9 Å². The molecule has 0 unspecified atom stereocenters. The second-order valence-corrected chi connectivity index (χ2v) is 8.09. The summed E-state index contributed by atoms with van der Waals surface area (Å²) in [5.41, 5.74) is 3.44. The molecule has 1 aliphatic heterocycles. The first-order valence-corrected chi connectivity index (χ1v) is 10.9. The molecule has 0 aliphatic carbocycles. The van der Waals surface area contributed by atoms with Crippen LogP contribution in [-0.2, 0) is 4.84 Å². The Kier molecular flexibility index (Phi) is 8.72. The average molecular weight is 477 g/mol. The molecule has 0 N–H and O–H groups in total. The number of methoxy groups -OCH3 is 1. The topological polar surface area (TPSA) is 57.0 Å². The average Bonchev–Trinajstić information content (AvgIpc) is 3.22. The molecule has 0 atom stereocenters. The van der Waals surface area contributed by atoms with Crippen LogP contribution in [0, 0.1) is 5.82 Å². The third-order valence-electron chi connectivity index (χ3n) is 5.78. The van der Waals surface area contributed by atoms with Crippen molar-refractivity contribution in [1.82, 2.24) is 10.2 Å². The van der Waals surface area contributed by atoms with Crippen molar-refractivity contribution in [2.24, 2.45) is 0 Å². The number of benzene rings is 2. The SMILES string of the molecule is C=C(C)c1ccc(OCCCON2CCC(c3noc4cc(F)ccc34)CC2)c(OC)c1.Cl. The van der Waals surface area contributed by atoms with E-state index in [1.54, 1.807) is 13.2 Å². The number of piperidine rings is 1. The molecule has 3 aromatic rings. The normalized spacial score (nSPS) is 14.8. The summed E-state index contributed by atoms with van der Waals surface area (Å²) in [5.74, 6) is 1.41. The first-order valence-electron chi connectivity index (χ1n) is 10.9. The van der Waals surface area contributed by atoms with Crippen LogP contribution < -0.4 is 9.47 Å². The van der Waals surface area contributed by atoms with E-state index < -0.39 is 0 Å². The Balaban J connectivity index is 0.00000306. The Morgan fingerprint density at radius 2 is 1.94 bits per heavy atom. The van der Waals surface area contributed by atoms with Crippen molar-refractivity contribution in [1.29, 1.82) is 0 Å². The molecule has 8 heteroatoms.